The van der Waals surface area contributed by atoms with Crippen molar-refractivity contribution in [2.45, 2.75) is 25.6 Å². The van der Waals surface area contributed by atoms with E-state index in [1.54, 1.807) is 12.0 Å². The second-order valence-electron chi connectivity index (χ2n) is 11.2. The number of hydrogen-bond acceptors (Lipinski definition) is 10. The lowest BCUT2D eigenvalue weighted by atomic mass is 10.0. The number of methoxy groups -OCH3 is 1. The van der Waals surface area contributed by atoms with Gasteiger partial charge in [-0.1, -0.05) is 42.5 Å². The minimum Gasteiger partial charge on any atom is -0.497 e. The zero-order valence-corrected chi connectivity index (χ0v) is 24.7. The molecule has 0 bridgehead atoms. The Morgan fingerprint density at radius 2 is 1.68 bits per heavy atom. The summed E-state index contributed by atoms with van der Waals surface area (Å²) in [6.45, 7) is 4.66. The fraction of sp³-hybridized carbons (Fsp3) is 0.303. The van der Waals surface area contributed by atoms with Gasteiger partial charge >= 0.3 is 6.09 Å². The lowest BCUT2D eigenvalue weighted by molar-refractivity contribution is 0.0942. The molecule has 1 atom stereocenters. The molecule has 0 aliphatic carbocycles. The third-order valence-electron chi connectivity index (χ3n) is 8.39. The van der Waals surface area contributed by atoms with E-state index >= 15 is 0 Å². The molecule has 11 heteroatoms. The number of rotatable bonds is 8. The summed E-state index contributed by atoms with van der Waals surface area (Å²) in [4.78, 5) is 28.7. The van der Waals surface area contributed by atoms with Crippen LogP contribution in [-0.2, 0) is 17.9 Å². The molecule has 0 spiro atoms. The first-order valence-electron chi connectivity index (χ1n) is 15.0. The van der Waals surface area contributed by atoms with Crippen LogP contribution in [-0.4, -0.2) is 60.8 Å². The van der Waals surface area contributed by atoms with Crippen LogP contribution in [0.1, 0.15) is 29.2 Å². The van der Waals surface area contributed by atoms with Crippen LogP contribution >= 0.6 is 0 Å². The summed E-state index contributed by atoms with van der Waals surface area (Å²) in [6.07, 6.45) is 0.712. The van der Waals surface area contributed by atoms with E-state index in [0.29, 0.717) is 19.0 Å². The first-order valence-corrected chi connectivity index (χ1v) is 15.0. The summed E-state index contributed by atoms with van der Waals surface area (Å²) in [5.41, 5.74) is 11.9. The predicted octanol–water partition coefficient (Wildman–Crippen LogP) is 5.07. The van der Waals surface area contributed by atoms with E-state index in [0.717, 1.165) is 72.5 Å². The summed E-state index contributed by atoms with van der Waals surface area (Å²) < 4.78 is 10.8. The van der Waals surface area contributed by atoms with Gasteiger partial charge in [-0.3, -0.25) is 0 Å². The number of nitrogens with zero attached hydrogens (tertiary/aromatic N) is 5. The third-order valence-corrected chi connectivity index (χ3v) is 8.39. The highest BCUT2D eigenvalue weighted by Crippen LogP contribution is 2.41. The van der Waals surface area contributed by atoms with Gasteiger partial charge in [-0.2, -0.15) is 9.97 Å². The van der Waals surface area contributed by atoms with Gasteiger partial charge in [0.15, 0.2) is 5.82 Å². The van der Waals surface area contributed by atoms with Crippen molar-refractivity contribution in [3.63, 3.8) is 0 Å². The lowest BCUT2D eigenvalue weighted by Gasteiger charge is -2.35. The standard InChI is InChI=1S/C33H36N8O3/c1-43-27-13-7-23(8-14-27)21-41-16-15-28-29-30(38-37-28)35-32(36-31(29)41)34-25-9-11-26(12-10-25)39-17-19-40(20-18-39)33(42)44-22-24-5-3-2-4-6-24/h2-14,28,37H,15-22H2,1H3,(H2,34,35,36,38). The van der Waals surface area contributed by atoms with Gasteiger partial charge in [-0.15, -0.1) is 0 Å². The molecule has 4 aromatic rings. The molecular weight excluding hydrogens is 556 g/mol. The van der Waals surface area contributed by atoms with Crippen LogP contribution in [0.5, 0.6) is 5.75 Å². The number of carbonyl (C=O) groups is 1. The monoisotopic (exact) mass is 592 g/mol. The van der Waals surface area contributed by atoms with Gasteiger partial charge in [-0.05, 0) is 53.9 Å². The molecule has 1 aromatic heterocycles. The largest absolute Gasteiger partial charge is 0.497 e. The number of hydrazine groups is 1. The Bertz CT molecular complexity index is 1590. The molecule has 0 radical (unpaired) electrons. The predicted molar refractivity (Wildman–Crippen MR) is 170 cm³/mol. The van der Waals surface area contributed by atoms with Crippen LogP contribution < -0.4 is 30.7 Å². The van der Waals surface area contributed by atoms with Crippen molar-refractivity contribution >= 4 is 35.1 Å². The first-order chi connectivity index (χ1) is 21.6. The number of carbonyl (C=O) groups excluding carboxylic acids is 1. The Kier molecular flexibility index (Phi) is 7.76. The fourth-order valence-electron chi connectivity index (χ4n) is 5.95. The maximum atomic E-state index is 12.6. The van der Waals surface area contributed by atoms with Crippen LogP contribution in [0.15, 0.2) is 78.9 Å². The minimum absolute atomic E-state index is 0.201. The quantitative estimate of drug-likeness (QED) is 0.257. The third kappa shape index (κ3) is 5.91. The van der Waals surface area contributed by atoms with E-state index in [1.807, 2.05) is 54.6 Å². The van der Waals surface area contributed by atoms with Gasteiger partial charge in [0.25, 0.3) is 0 Å². The highest BCUT2D eigenvalue weighted by molar-refractivity contribution is 5.70. The van der Waals surface area contributed by atoms with Gasteiger partial charge < -0.3 is 34.9 Å². The number of amides is 1. The fourth-order valence-corrected chi connectivity index (χ4v) is 5.95. The van der Waals surface area contributed by atoms with Crippen LogP contribution in [0.25, 0.3) is 0 Å². The van der Waals surface area contributed by atoms with Crippen LogP contribution in [0.2, 0.25) is 0 Å². The number of ether oxygens (including phenoxy) is 2. The van der Waals surface area contributed by atoms with E-state index in [1.165, 1.54) is 5.56 Å². The molecular formula is C33H36N8O3. The Labute approximate surface area is 256 Å². The van der Waals surface area contributed by atoms with Gasteiger partial charge in [-0.25, -0.2) is 10.2 Å². The zero-order valence-electron chi connectivity index (χ0n) is 24.7. The molecule has 3 N–H and O–H groups in total. The van der Waals surface area contributed by atoms with Crippen LogP contribution in [0, 0.1) is 0 Å². The first kappa shape index (κ1) is 27.8. The summed E-state index contributed by atoms with van der Waals surface area (Å²) >= 11 is 0. The SMILES string of the molecule is COc1ccc(CN2CCC3NNc4nc(Nc5ccc(N6CCN(C(=O)OCc7ccccc7)CC6)cc5)nc2c43)cc1. The average molecular weight is 593 g/mol. The van der Waals surface area contributed by atoms with Crippen LogP contribution in [0.3, 0.4) is 0 Å². The number of hydrogen-bond donors (Lipinski definition) is 3. The summed E-state index contributed by atoms with van der Waals surface area (Å²) in [5, 5.41) is 3.41. The Morgan fingerprint density at radius 1 is 0.909 bits per heavy atom. The highest BCUT2D eigenvalue weighted by atomic mass is 16.6. The molecule has 11 nitrogen and oxygen atoms in total. The molecule has 3 aromatic carbocycles. The van der Waals surface area contributed by atoms with E-state index in [-0.39, 0.29) is 18.7 Å². The molecule has 0 saturated carbocycles. The van der Waals surface area contributed by atoms with Crippen molar-refractivity contribution in [3.8, 4) is 5.75 Å². The second-order valence-corrected chi connectivity index (χ2v) is 11.2. The molecule has 3 aliphatic heterocycles. The minimum atomic E-state index is -0.264. The van der Waals surface area contributed by atoms with Crippen molar-refractivity contribution in [1.82, 2.24) is 20.3 Å². The number of benzene rings is 3. The summed E-state index contributed by atoms with van der Waals surface area (Å²) in [6, 6.07) is 26.4. The Hall–Kier alpha value is -5.03. The Morgan fingerprint density at radius 3 is 2.43 bits per heavy atom. The number of piperazine rings is 1. The smallest absolute Gasteiger partial charge is 0.410 e. The molecule has 1 fully saturated rings. The van der Waals surface area contributed by atoms with E-state index in [9.17, 15) is 4.79 Å². The van der Waals surface area contributed by atoms with E-state index in [4.69, 9.17) is 19.4 Å². The van der Waals surface area contributed by atoms with Crippen molar-refractivity contribution < 1.29 is 14.3 Å². The van der Waals surface area contributed by atoms with Crippen molar-refractivity contribution in [1.29, 1.82) is 0 Å². The molecule has 1 saturated heterocycles. The highest BCUT2D eigenvalue weighted by Gasteiger charge is 2.34. The van der Waals surface area contributed by atoms with E-state index < -0.39 is 0 Å². The van der Waals surface area contributed by atoms with Gasteiger partial charge in [0.2, 0.25) is 5.95 Å². The summed E-state index contributed by atoms with van der Waals surface area (Å²) in [5.74, 6) is 3.16. The second kappa shape index (κ2) is 12.3. The molecule has 1 amide bonds. The van der Waals surface area contributed by atoms with Crippen molar-refractivity contribution in [2.24, 2.45) is 0 Å². The molecule has 3 aliphatic rings. The molecule has 44 heavy (non-hydrogen) atoms. The maximum Gasteiger partial charge on any atom is 0.410 e. The molecule has 1 unspecified atom stereocenters. The van der Waals surface area contributed by atoms with Gasteiger partial charge in [0, 0.05) is 50.6 Å². The van der Waals surface area contributed by atoms with Crippen LogP contribution in [0.4, 0.5) is 33.8 Å². The zero-order chi connectivity index (χ0) is 29.9. The van der Waals surface area contributed by atoms with Gasteiger partial charge in [0.1, 0.15) is 18.2 Å². The average Bonchev–Trinajstić information content (AvgIpc) is 3.50. The van der Waals surface area contributed by atoms with Crippen molar-refractivity contribution in [2.75, 3.05) is 60.4 Å². The number of anilines is 5. The molecule has 7 rings (SSSR count). The number of aromatic nitrogens is 2. The Balaban J connectivity index is 0.980. The molecule has 226 valence electrons. The number of nitrogens with one attached hydrogen (secondary N) is 3. The van der Waals surface area contributed by atoms with E-state index in [2.05, 4.69) is 50.2 Å². The van der Waals surface area contributed by atoms with Crippen molar-refractivity contribution in [3.05, 3.63) is 95.6 Å². The van der Waals surface area contributed by atoms with Gasteiger partial charge in [0.05, 0.1) is 18.7 Å². The topological polar surface area (TPSA) is 107 Å². The maximum absolute atomic E-state index is 12.6. The normalized spacial score (nSPS) is 17.1. The molecule has 4 heterocycles. The summed E-state index contributed by atoms with van der Waals surface area (Å²) in [7, 11) is 1.68. The lowest BCUT2D eigenvalue weighted by Crippen LogP contribution is -2.48.